The summed E-state index contributed by atoms with van der Waals surface area (Å²) in [5.74, 6) is 0. The first-order valence-electron chi connectivity index (χ1n) is 4.89. The van der Waals surface area contributed by atoms with Gasteiger partial charge in [0.1, 0.15) is 0 Å². The fraction of sp³-hybridized carbons (Fsp3) is 0.222. The zero-order chi connectivity index (χ0) is 14.6. The molecule has 0 bridgehead atoms. The van der Waals surface area contributed by atoms with Crippen molar-refractivity contribution in [2.45, 2.75) is 11.8 Å². The molecule has 1 aromatic rings. The number of amides is 1. The Morgan fingerprint density at radius 2 is 2.05 bits per heavy atom. The molecule has 0 fully saturated rings. The normalized spacial score (nSPS) is 10.8. The number of hydrogen-bond donors (Lipinski definition) is 2. The lowest BCUT2D eigenvalue weighted by Crippen LogP contribution is -2.41. The minimum Gasteiger partial charge on any atom is -0.452 e. The van der Waals surface area contributed by atoms with E-state index in [9.17, 15) is 23.3 Å². The first-order valence-corrected chi connectivity index (χ1v) is 6.37. The summed E-state index contributed by atoms with van der Waals surface area (Å²) in [6.45, 7) is 1.40. The van der Waals surface area contributed by atoms with Crippen molar-refractivity contribution in [2.75, 3.05) is 7.11 Å². The summed E-state index contributed by atoms with van der Waals surface area (Å²) in [7, 11) is -3.23. The molecule has 0 aromatic heterocycles. The topological polar surface area (TPSA) is 128 Å². The number of hydrazine groups is 1. The van der Waals surface area contributed by atoms with Gasteiger partial charge in [0.05, 0.1) is 12.0 Å². The van der Waals surface area contributed by atoms with E-state index in [1.165, 1.54) is 19.1 Å². The molecule has 0 spiro atoms. The maximum atomic E-state index is 11.9. The maximum Gasteiger partial charge on any atom is 0.422 e. The Bertz CT molecular complexity index is 612. The molecule has 104 valence electrons. The van der Waals surface area contributed by atoms with Gasteiger partial charge in [-0.25, -0.2) is 18.6 Å². The number of benzene rings is 1. The van der Waals surface area contributed by atoms with Crippen molar-refractivity contribution in [3.63, 3.8) is 0 Å². The van der Waals surface area contributed by atoms with Crippen LogP contribution in [0, 0.1) is 17.0 Å². The van der Waals surface area contributed by atoms with E-state index >= 15 is 0 Å². The Kier molecular flexibility index (Phi) is 4.40. The molecule has 0 aliphatic rings. The van der Waals surface area contributed by atoms with Crippen LogP contribution in [0.4, 0.5) is 10.5 Å². The molecule has 0 heterocycles. The second-order valence-corrected chi connectivity index (χ2v) is 5.02. The monoisotopic (exact) mass is 289 g/mol. The Labute approximate surface area is 108 Å². The first kappa shape index (κ1) is 14.9. The van der Waals surface area contributed by atoms with E-state index in [2.05, 4.69) is 4.74 Å². The second kappa shape index (κ2) is 5.63. The minimum absolute atomic E-state index is 0.174. The summed E-state index contributed by atoms with van der Waals surface area (Å²) in [5.41, 5.74) is 1.33. The number of carbonyl (C=O) groups excluding carboxylic acids is 1. The number of rotatable bonds is 4. The molecule has 0 radical (unpaired) electrons. The van der Waals surface area contributed by atoms with E-state index in [0.29, 0.717) is 0 Å². The van der Waals surface area contributed by atoms with Gasteiger partial charge in [-0.1, -0.05) is 12.1 Å². The molecular weight excluding hydrogens is 278 g/mol. The highest BCUT2D eigenvalue weighted by Crippen LogP contribution is 2.26. The van der Waals surface area contributed by atoms with Gasteiger partial charge < -0.3 is 4.74 Å². The number of nitro groups is 1. The molecule has 0 aliphatic carbocycles. The lowest BCUT2D eigenvalue weighted by atomic mass is 10.2. The molecule has 1 amide bonds. The van der Waals surface area contributed by atoms with Crippen LogP contribution >= 0.6 is 0 Å². The molecule has 0 saturated heterocycles. The number of hydrogen-bond acceptors (Lipinski definition) is 6. The fourth-order valence-corrected chi connectivity index (χ4v) is 2.57. The molecule has 10 heteroatoms. The number of carbonyl (C=O) groups is 1. The standard InChI is InChI=1S/C9H11N3O6S/c1-6-4-3-5-7(12(14)15)8(6)19(16,17)11-10-9(13)18-2/h3-5,11H,1-2H3,(H,10,13). The minimum atomic E-state index is -4.28. The van der Waals surface area contributed by atoms with Crippen LogP contribution in [0.2, 0.25) is 0 Å². The molecule has 9 nitrogen and oxygen atoms in total. The highest BCUT2D eigenvalue weighted by molar-refractivity contribution is 7.89. The van der Waals surface area contributed by atoms with Crippen LogP contribution in [-0.4, -0.2) is 26.5 Å². The first-order chi connectivity index (χ1) is 8.79. The highest BCUT2D eigenvalue weighted by atomic mass is 32.2. The third-order valence-corrected chi connectivity index (χ3v) is 3.57. The average molecular weight is 289 g/mol. The summed E-state index contributed by atoms with van der Waals surface area (Å²) in [6, 6.07) is 3.82. The highest BCUT2D eigenvalue weighted by Gasteiger charge is 2.28. The summed E-state index contributed by atoms with van der Waals surface area (Å²) >= 11 is 0. The van der Waals surface area contributed by atoms with E-state index in [4.69, 9.17) is 0 Å². The largest absolute Gasteiger partial charge is 0.452 e. The van der Waals surface area contributed by atoms with Gasteiger partial charge in [0, 0.05) is 6.07 Å². The number of nitrogens with zero attached hydrogens (tertiary/aromatic N) is 1. The Morgan fingerprint density at radius 1 is 1.42 bits per heavy atom. The third kappa shape index (κ3) is 3.39. The number of sulfonamides is 1. The molecule has 0 atom stereocenters. The van der Waals surface area contributed by atoms with Gasteiger partial charge in [-0.05, 0) is 12.5 Å². The van der Waals surface area contributed by atoms with Gasteiger partial charge in [-0.2, -0.15) is 0 Å². The predicted molar refractivity (Wildman–Crippen MR) is 63.7 cm³/mol. The van der Waals surface area contributed by atoms with Gasteiger partial charge in [0.25, 0.3) is 15.7 Å². The zero-order valence-electron chi connectivity index (χ0n) is 10.0. The van der Waals surface area contributed by atoms with E-state index < -0.39 is 31.6 Å². The van der Waals surface area contributed by atoms with Crippen molar-refractivity contribution in [1.29, 1.82) is 0 Å². The van der Waals surface area contributed by atoms with E-state index in [1.807, 2.05) is 0 Å². The van der Waals surface area contributed by atoms with Crippen LogP contribution in [0.15, 0.2) is 23.1 Å². The van der Waals surface area contributed by atoms with Crippen molar-refractivity contribution in [3.8, 4) is 0 Å². The fourth-order valence-electron chi connectivity index (χ4n) is 1.34. The van der Waals surface area contributed by atoms with Crippen LogP contribution in [0.3, 0.4) is 0 Å². The van der Waals surface area contributed by atoms with E-state index in [0.717, 1.165) is 13.2 Å². The molecule has 0 aliphatic heterocycles. The lowest BCUT2D eigenvalue weighted by molar-refractivity contribution is -0.387. The Balaban J connectivity index is 3.21. The molecule has 1 aromatic carbocycles. The molecular formula is C9H11N3O6S. The number of nitro benzene ring substituents is 1. The smallest absolute Gasteiger partial charge is 0.422 e. The molecule has 1 rings (SSSR count). The maximum absolute atomic E-state index is 11.9. The van der Waals surface area contributed by atoms with Crippen LogP contribution in [0.5, 0.6) is 0 Å². The van der Waals surface area contributed by atoms with Crippen LogP contribution in [0.1, 0.15) is 5.56 Å². The Morgan fingerprint density at radius 3 is 2.58 bits per heavy atom. The SMILES string of the molecule is COC(=O)NNS(=O)(=O)c1c(C)cccc1[N+](=O)[O-]. The van der Waals surface area contributed by atoms with Crippen molar-refractivity contribution in [1.82, 2.24) is 10.3 Å². The van der Waals surface area contributed by atoms with Crippen molar-refractivity contribution in [2.24, 2.45) is 0 Å². The van der Waals surface area contributed by atoms with Crippen molar-refractivity contribution < 1.29 is 22.9 Å². The summed E-state index contributed by atoms with van der Waals surface area (Å²) in [4.78, 5) is 22.0. The summed E-state index contributed by atoms with van der Waals surface area (Å²) in [5, 5.41) is 10.8. The quantitative estimate of drug-likeness (QED) is 0.612. The molecule has 19 heavy (non-hydrogen) atoms. The van der Waals surface area contributed by atoms with Crippen molar-refractivity contribution >= 4 is 21.8 Å². The average Bonchev–Trinajstić information content (AvgIpc) is 2.35. The van der Waals surface area contributed by atoms with Gasteiger partial charge in [-0.15, -0.1) is 4.83 Å². The number of aryl methyl sites for hydroxylation is 1. The van der Waals surface area contributed by atoms with E-state index in [1.54, 1.807) is 10.3 Å². The second-order valence-electron chi connectivity index (χ2n) is 3.40. The molecule has 0 unspecified atom stereocenters. The zero-order valence-corrected chi connectivity index (χ0v) is 10.9. The Hall–Kier alpha value is -2.20. The van der Waals surface area contributed by atoms with Gasteiger partial charge in [-0.3, -0.25) is 10.1 Å². The van der Waals surface area contributed by atoms with Crippen LogP contribution in [0.25, 0.3) is 0 Å². The number of methoxy groups -OCH3 is 1. The van der Waals surface area contributed by atoms with Crippen LogP contribution < -0.4 is 10.3 Å². The van der Waals surface area contributed by atoms with E-state index in [-0.39, 0.29) is 5.56 Å². The molecule has 0 saturated carbocycles. The van der Waals surface area contributed by atoms with Crippen molar-refractivity contribution in [3.05, 3.63) is 33.9 Å². The molecule has 2 N–H and O–H groups in total. The van der Waals surface area contributed by atoms with Gasteiger partial charge >= 0.3 is 6.09 Å². The predicted octanol–water partition coefficient (Wildman–Crippen LogP) is 0.453. The third-order valence-electron chi connectivity index (χ3n) is 2.13. The summed E-state index contributed by atoms with van der Waals surface area (Å²) < 4.78 is 28.0. The van der Waals surface area contributed by atoms with Crippen LogP contribution in [-0.2, 0) is 14.8 Å². The van der Waals surface area contributed by atoms with Gasteiger partial charge in [0.2, 0.25) is 0 Å². The number of ether oxygens (including phenoxy) is 1. The van der Waals surface area contributed by atoms with Gasteiger partial charge in [0.15, 0.2) is 4.90 Å². The summed E-state index contributed by atoms with van der Waals surface area (Å²) in [6.07, 6.45) is -1.04. The number of nitrogens with one attached hydrogen (secondary N) is 2. The lowest BCUT2D eigenvalue weighted by Gasteiger charge is -2.09.